The van der Waals surface area contributed by atoms with E-state index in [4.69, 9.17) is 0 Å². The molecule has 2 nitrogen and oxygen atoms in total. The third-order valence-electron chi connectivity index (χ3n) is 3.96. The summed E-state index contributed by atoms with van der Waals surface area (Å²) in [6.07, 6.45) is 1.05. The Morgan fingerprint density at radius 3 is 2.68 bits per heavy atom. The molecule has 0 unspecified atom stereocenters. The first-order chi connectivity index (χ1) is 9.24. The van der Waals surface area contributed by atoms with Gasteiger partial charge in [0.2, 0.25) is 0 Å². The molecule has 1 atom stereocenters. The lowest BCUT2D eigenvalue weighted by Gasteiger charge is -2.22. The monoisotopic (exact) mass is 253 g/mol. The average molecular weight is 253 g/mol. The highest BCUT2D eigenvalue weighted by Gasteiger charge is 2.22. The first kappa shape index (κ1) is 12.2. The van der Waals surface area contributed by atoms with Crippen LogP contribution in [0.5, 0.6) is 5.75 Å². The van der Waals surface area contributed by atoms with Gasteiger partial charge in [-0.2, -0.15) is 0 Å². The van der Waals surface area contributed by atoms with Crippen LogP contribution in [0.2, 0.25) is 0 Å². The van der Waals surface area contributed by atoms with Gasteiger partial charge in [-0.25, -0.2) is 0 Å². The molecule has 2 aromatic carbocycles. The van der Waals surface area contributed by atoms with Gasteiger partial charge in [0.1, 0.15) is 5.75 Å². The van der Waals surface area contributed by atoms with Gasteiger partial charge in [0.15, 0.2) is 0 Å². The molecule has 3 rings (SSSR count). The van der Waals surface area contributed by atoms with Crippen molar-refractivity contribution in [2.24, 2.45) is 0 Å². The number of hydrogen-bond donors (Lipinski definition) is 1. The number of phenolic OH excluding ortho intramolecular Hbond substituents is 1. The zero-order chi connectivity index (χ0) is 13.2. The van der Waals surface area contributed by atoms with Crippen LogP contribution in [0.25, 0.3) is 0 Å². The highest BCUT2D eigenvalue weighted by atomic mass is 16.3. The molecule has 19 heavy (non-hydrogen) atoms. The summed E-state index contributed by atoms with van der Waals surface area (Å²) in [7, 11) is 2.17. The summed E-state index contributed by atoms with van der Waals surface area (Å²) in [5.41, 5.74) is 3.95. The van der Waals surface area contributed by atoms with Crippen LogP contribution in [0.1, 0.15) is 22.6 Å². The fourth-order valence-corrected chi connectivity index (χ4v) is 2.92. The normalized spacial score (nSPS) is 19.7. The van der Waals surface area contributed by atoms with E-state index >= 15 is 0 Å². The van der Waals surface area contributed by atoms with Crippen molar-refractivity contribution in [1.29, 1.82) is 0 Å². The van der Waals surface area contributed by atoms with Gasteiger partial charge in [-0.3, -0.25) is 0 Å². The van der Waals surface area contributed by atoms with E-state index in [1.807, 2.05) is 12.1 Å². The topological polar surface area (TPSA) is 23.5 Å². The fourth-order valence-electron chi connectivity index (χ4n) is 2.92. The van der Waals surface area contributed by atoms with Crippen LogP contribution in [0.3, 0.4) is 0 Å². The minimum atomic E-state index is 0.343. The summed E-state index contributed by atoms with van der Waals surface area (Å²) < 4.78 is 0. The van der Waals surface area contributed by atoms with Crippen LogP contribution >= 0.6 is 0 Å². The van der Waals surface area contributed by atoms with Gasteiger partial charge < -0.3 is 10.0 Å². The summed E-state index contributed by atoms with van der Waals surface area (Å²) in [5.74, 6) is 0.708. The highest BCUT2D eigenvalue weighted by Crippen LogP contribution is 2.32. The molecule has 98 valence electrons. The molecule has 1 aliphatic heterocycles. The Kier molecular flexibility index (Phi) is 3.26. The Balaban J connectivity index is 2.09. The lowest BCUT2D eigenvalue weighted by molar-refractivity contribution is 0.338. The fraction of sp³-hybridized carbons (Fsp3) is 0.294. The lowest BCUT2D eigenvalue weighted by Crippen LogP contribution is -2.24. The second-order valence-corrected chi connectivity index (χ2v) is 5.36. The van der Waals surface area contributed by atoms with Crippen molar-refractivity contribution < 1.29 is 5.11 Å². The minimum Gasteiger partial charge on any atom is -0.508 e. The molecule has 2 heteroatoms. The smallest absolute Gasteiger partial charge is 0.115 e. The van der Waals surface area contributed by atoms with Crippen molar-refractivity contribution in [2.75, 3.05) is 20.1 Å². The maximum absolute atomic E-state index is 9.80. The number of fused-ring (bicyclic) bond motifs is 1. The molecular weight excluding hydrogens is 234 g/mol. The number of likely N-dealkylation sites (N-methyl/N-ethyl adjacent to an activating group) is 1. The zero-order valence-electron chi connectivity index (χ0n) is 11.2. The van der Waals surface area contributed by atoms with Gasteiger partial charge in [-0.05, 0) is 42.3 Å². The molecule has 0 fully saturated rings. The first-order valence-corrected chi connectivity index (χ1v) is 6.79. The Morgan fingerprint density at radius 2 is 1.89 bits per heavy atom. The minimum absolute atomic E-state index is 0.343. The van der Waals surface area contributed by atoms with Crippen LogP contribution in [0, 0.1) is 0 Å². The Labute approximate surface area is 114 Å². The molecule has 0 aromatic heterocycles. The molecular formula is C17H19NO. The van der Waals surface area contributed by atoms with E-state index in [9.17, 15) is 5.11 Å². The number of hydrogen-bond acceptors (Lipinski definition) is 2. The molecule has 0 radical (unpaired) electrons. The predicted octanol–water partition coefficient (Wildman–Crippen LogP) is 3.01. The van der Waals surface area contributed by atoms with Crippen molar-refractivity contribution in [3.8, 4) is 5.75 Å². The maximum atomic E-state index is 9.80. The van der Waals surface area contributed by atoms with Crippen LogP contribution in [-0.4, -0.2) is 30.1 Å². The summed E-state index contributed by atoms with van der Waals surface area (Å²) in [6.45, 7) is 2.07. The molecule has 0 amide bonds. The third-order valence-corrected chi connectivity index (χ3v) is 3.96. The SMILES string of the molecule is CN1CCc2ccc(O)cc2[C@@H](c2ccccc2)C1. The van der Waals surface area contributed by atoms with Crippen molar-refractivity contribution in [2.45, 2.75) is 12.3 Å². The second kappa shape index (κ2) is 5.06. The Morgan fingerprint density at radius 1 is 1.11 bits per heavy atom. The standard InChI is InChI=1S/C17H19NO/c1-18-10-9-14-7-8-15(19)11-16(14)17(12-18)13-5-3-2-4-6-13/h2-8,11,17,19H,9-10,12H2,1H3/t17-/m1/s1. The van der Waals surface area contributed by atoms with Crippen molar-refractivity contribution in [3.63, 3.8) is 0 Å². The molecule has 0 aliphatic carbocycles. The quantitative estimate of drug-likeness (QED) is 0.844. The van der Waals surface area contributed by atoms with Gasteiger partial charge in [0.05, 0.1) is 0 Å². The molecule has 0 saturated carbocycles. The van der Waals surface area contributed by atoms with Gasteiger partial charge in [-0.1, -0.05) is 36.4 Å². The molecule has 2 aromatic rings. The molecule has 0 bridgehead atoms. The van der Waals surface area contributed by atoms with Gasteiger partial charge in [0.25, 0.3) is 0 Å². The van der Waals surface area contributed by atoms with Crippen molar-refractivity contribution >= 4 is 0 Å². The number of aromatic hydroxyl groups is 1. The van der Waals surface area contributed by atoms with E-state index in [1.165, 1.54) is 16.7 Å². The molecule has 1 N–H and O–H groups in total. The van der Waals surface area contributed by atoms with E-state index in [0.29, 0.717) is 11.7 Å². The van der Waals surface area contributed by atoms with Gasteiger partial charge >= 0.3 is 0 Å². The molecule has 1 heterocycles. The number of phenols is 1. The zero-order valence-corrected chi connectivity index (χ0v) is 11.2. The van der Waals surface area contributed by atoms with Crippen LogP contribution < -0.4 is 0 Å². The summed E-state index contributed by atoms with van der Waals surface area (Å²) >= 11 is 0. The predicted molar refractivity (Wildman–Crippen MR) is 77.6 cm³/mol. The summed E-state index contributed by atoms with van der Waals surface area (Å²) in [4.78, 5) is 2.37. The van der Waals surface area contributed by atoms with Crippen LogP contribution in [0.15, 0.2) is 48.5 Å². The summed E-state index contributed by atoms with van der Waals surface area (Å²) in [6, 6.07) is 16.4. The first-order valence-electron chi connectivity index (χ1n) is 6.79. The summed E-state index contributed by atoms with van der Waals surface area (Å²) in [5, 5.41) is 9.80. The average Bonchev–Trinajstić information content (AvgIpc) is 2.59. The van der Waals surface area contributed by atoms with E-state index in [1.54, 1.807) is 6.07 Å². The maximum Gasteiger partial charge on any atom is 0.115 e. The van der Waals surface area contributed by atoms with Crippen LogP contribution in [-0.2, 0) is 6.42 Å². The molecule has 0 spiro atoms. The van der Waals surface area contributed by atoms with Crippen molar-refractivity contribution in [1.82, 2.24) is 4.90 Å². The van der Waals surface area contributed by atoms with Crippen LogP contribution in [0.4, 0.5) is 0 Å². The number of rotatable bonds is 1. The van der Waals surface area contributed by atoms with Gasteiger partial charge in [0, 0.05) is 19.0 Å². The Bertz CT molecular complexity index is 565. The lowest BCUT2D eigenvalue weighted by atomic mass is 9.88. The van der Waals surface area contributed by atoms with Gasteiger partial charge in [-0.15, -0.1) is 0 Å². The van der Waals surface area contributed by atoms with E-state index < -0.39 is 0 Å². The van der Waals surface area contributed by atoms with E-state index in [-0.39, 0.29) is 0 Å². The van der Waals surface area contributed by atoms with E-state index in [0.717, 1.165) is 19.5 Å². The molecule has 1 aliphatic rings. The third kappa shape index (κ3) is 2.49. The second-order valence-electron chi connectivity index (χ2n) is 5.36. The Hall–Kier alpha value is -1.80. The number of benzene rings is 2. The van der Waals surface area contributed by atoms with E-state index in [2.05, 4.69) is 42.3 Å². The highest BCUT2D eigenvalue weighted by molar-refractivity contribution is 5.43. The largest absolute Gasteiger partial charge is 0.508 e. The molecule has 0 saturated heterocycles. The van der Waals surface area contributed by atoms with Crippen molar-refractivity contribution in [3.05, 3.63) is 65.2 Å². The number of nitrogens with zero attached hydrogens (tertiary/aromatic N) is 1.